The van der Waals surface area contributed by atoms with E-state index in [9.17, 15) is 8.42 Å². The summed E-state index contributed by atoms with van der Waals surface area (Å²) in [6.45, 7) is 2.61. The second-order valence-electron chi connectivity index (χ2n) is 3.86. The molecule has 0 spiro atoms. The van der Waals surface area contributed by atoms with Crippen LogP contribution in [0.25, 0.3) is 0 Å². The van der Waals surface area contributed by atoms with Crippen LogP contribution in [0.3, 0.4) is 0 Å². The fraction of sp³-hybridized carbons (Fsp3) is 0.455. The molecule has 0 radical (unpaired) electrons. The zero-order chi connectivity index (χ0) is 12.9. The van der Waals surface area contributed by atoms with Crippen molar-refractivity contribution in [2.45, 2.75) is 13.3 Å². The predicted molar refractivity (Wildman–Crippen MR) is 74.8 cm³/mol. The summed E-state index contributed by atoms with van der Waals surface area (Å²) in [7, 11) is -1.46. The van der Waals surface area contributed by atoms with E-state index in [2.05, 4.69) is 26.0 Å². The van der Waals surface area contributed by atoms with Gasteiger partial charge in [0.2, 0.25) is 10.0 Å². The van der Waals surface area contributed by atoms with Crippen molar-refractivity contribution in [2.75, 3.05) is 24.1 Å². The number of sulfonamides is 1. The van der Waals surface area contributed by atoms with Gasteiger partial charge in [-0.3, -0.25) is 4.72 Å². The lowest BCUT2D eigenvalue weighted by Crippen LogP contribution is -2.20. The number of hydrogen-bond acceptors (Lipinski definition) is 3. The van der Waals surface area contributed by atoms with Gasteiger partial charge in [-0.05, 0) is 60.6 Å². The van der Waals surface area contributed by atoms with Gasteiger partial charge in [0.25, 0.3) is 0 Å². The lowest BCUT2D eigenvalue weighted by atomic mass is 10.2. The molecule has 0 atom stereocenters. The monoisotopic (exact) mass is 320 g/mol. The molecule has 0 fully saturated rings. The van der Waals surface area contributed by atoms with E-state index in [0.717, 1.165) is 10.0 Å². The van der Waals surface area contributed by atoms with Gasteiger partial charge in [-0.2, -0.15) is 0 Å². The minimum Gasteiger partial charge on any atom is -0.320 e. The third-order valence-electron chi connectivity index (χ3n) is 2.23. The lowest BCUT2D eigenvalue weighted by Gasteiger charge is -2.10. The molecule has 96 valence electrons. The minimum absolute atomic E-state index is 0.119. The van der Waals surface area contributed by atoms with Crippen molar-refractivity contribution in [3.8, 4) is 0 Å². The van der Waals surface area contributed by atoms with Crippen molar-refractivity contribution in [3.63, 3.8) is 0 Å². The maximum absolute atomic E-state index is 11.8. The lowest BCUT2D eigenvalue weighted by molar-refractivity contribution is 0.597. The van der Waals surface area contributed by atoms with Gasteiger partial charge in [0.05, 0.1) is 11.4 Å². The molecule has 0 bridgehead atoms. The van der Waals surface area contributed by atoms with E-state index in [0.29, 0.717) is 18.7 Å². The number of halogens is 1. The highest BCUT2D eigenvalue weighted by Crippen LogP contribution is 2.24. The van der Waals surface area contributed by atoms with E-state index in [1.807, 2.05) is 19.1 Å². The quantitative estimate of drug-likeness (QED) is 0.789. The Bertz CT molecular complexity index is 474. The highest BCUT2D eigenvalue weighted by atomic mass is 79.9. The largest absolute Gasteiger partial charge is 0.320 e. The molecule has 0 saturated carbocycles. The first-order valence-electron chi connectivity index (χ1n) is 5.36. The predicted octanol–water partition coefficient (Wildman–Crippen LogP) is 2.11. The molecule has 0 saturated heterocycles. The van der Waals surface area contributed by atoms with Crippen LogP contribution in [0.2, 0.25) is 0 Å². The van der Waals surface area contributed by atoms with Crippen LogP contribution in [0.15, 0.2) is 22.7 Å². The van der Waals surface area contributed by atoms with E-state index >= 15 is 0 Å². The second kappa shape index (κ2) is 6.37. The Labute approximate surface area is 111 Å². The summed E-state index contributed by atoms with van der Waals surface area (Å²) in [5.74, 6) is 0.119. The van der Waals surface area contributed by atoms with Gasteiger partial charge < -0.3 is 5.32 Å². The van der Waals surface area contributed by atoms with Crippen molar-refractivity contribution in [3.05, 3.63) is 28.2 Å². The maximum Gasteiger partial charge on any atom is 0.232 e. The van der Waals surface area contributed by atoms with Crippen LogP contribution >= 0.6 is 15.9 Å². The zero-order valence-corrected chi connectivity index (χ0v) is 12.4. The van der Waals surface area contributed by atoms with Crippen LogP contribution in [-0.2, 0) is 10.0 Å². The Kier molecular flexibility index (Phi) is 5.42. The summed E-state index contributed by atoms with van der Waals surface area (Å²) in [5.41, 5.74) is 1.61. The molecule has 0 heterocycles. The molecule has 1 aromatic rings. The molecule has 4 nitrogen and oxygen atoms in total. The van der Waals surface area contributed by atoms with Gasteiger partial charge in [0.15, 0.2) is 0 Å². The van der Waals surface area contributed by atoms with E-state index in [4.69, 9.17) is 0 Å². The van der Waals surface area contributed by atoms with Crippen molar-refractivity contribution < 1.29 is 8.42 Å². The van der Waals surface area contributed by atoms with Crippen molar-refractivity contribution in [1.29, 1.82) is 0 Å². The molecule has 0 aromatic heterocycles. The van der Waals surface area contributed by atoms with E-state index in [1.54, 1.807) is 13.1 Å². The van der Waals surface area contributed by atoms with Gasteiger partial charge in [0, 0.05) is 4.47 Å². The molecule has 0 aliphatic heterocycles. The first-order valence-corrected chi connectivity index (χ1v) is 7.80. The number of nitrogens with one attached hydrogen (secondary N) is 2. The van der Waals surface area contributed by atoms with E-state index in [1.165, 1.54) is 0 Å². The summed E-state index contributed by atoms with van der Waals surface area (Å²) < 4.78 is 26.9. The fourth-order valence-corrected chi connectivity index (χ4v) is 2.98. The first kappa shape index (κ1) is 14.5. The third kappa shape index (κ3) is 5.06. The Morgan fingerprint density at radius 3 is 2.71 bits per heavy atom. The molecule has 1 aromatic carbocycles. The molecule has 6 heteroatoms. The van der Waals surface area contributed by atoms with Crippen LogP contribution in [0, 0.1) is 6.92 Å². The number of aryl methyl sites for hydroxylation is 1. The summed E-state index contributed by atoms with van der Waals surface area (Å²) in [4.78, 5) is 0. The number of hydrogen-bond donors (Lipinski definition) is 2. The molecule has 0 aliphatic carbocycles. The normalized spacial score (nSPS) is 11.5. The van der Waals surface area contributed by atoms with Crippen molar-refractivity contribution >= 4 is 31.6 Å². The first-order chi connectivity index (χ1) is 7.94. The fourth-order valence-electron chi connectivity index (χ4n) is 1.37. The molecule has 17 heavy (non-hydrogen) atoms. The van der Waals surface area contributed by atoms with Crippen LogP contribution in [0.5, 0.6) is 0 Å². The molecule has 0 amide bonds. The average Bonchev–Trinajstić information content (AvgIpc) is 2.23. The topological polar surface area (TPSA) is 58.2 Å². The van der Waals surface area contributed by atoms with Crippen LogP contribution in [0.4, 0.5) is 5.69 Å². The van der Waals surface area contributed by atoms with Gasteiger partial charge in [-0.1, -0.05) is 6.07 Å². The summed E-state index contributed by atoms with van der Waals surface area (Å²) >= 11 is 3.33. The van der Waals surface area contributed by atoms with Crippen LogP contribution in [-0.4, -0.2) is 27.8 Å². The van der Waals surface area contributed by atoms with Crippen LogP contribution in [0.1, 0.15) is 12.0 Å². The molecular weight excluding hydrogens is 304 g/mol. The van der Waals surface area contributed by atoms with Crippen LogP contribution < -0.4 is 10.0 Å². The van der Waals surface area contributed by atoms with E-state index < -0.39 is 10.0 Å². The number of benzene rings is 1. The number of anilines is 1. The van der Waals surface area contributed by atoms with Gasteiger partial charge >= 0.3 is 0 Å². The standard InChI is InChI=1S/C11H17BrN2O2S/c1-9-4-5-10(12)11(8-9)14-17(15,16)7-3-6-13-2/h4-5,8,13-14H,3,6-7H2,1-2H3. The Morgan fingerprint density at radius 2 is 2.06 bits per heavy atom. The molecule has 0 unspecified atom stereocenters. The van der Waals surface area contributed by atoms with E-state index in [-0.39, 0.29) is 5.75 Å². The highest BCUT2D eigenvalue weighted by molar-refractivity contribution is 9.10. The molecule has 0 aliphatic rings. The second-order valence-corrected chi connectivity index (χ2v) is 6.56. The Balaban J connectivity index is 2.72. The summed E-state index contributed by atoms with van der Waals surface area (Å²) in [6.07, 6.45) is 0.593. The average molecular weight is 321 g/mol. The number of rotatable bonds is 6. The van der Waals surface area contributed by atoms with Gasteiger partial charge in [-0.15, -0.1) is 0 Å². The third-order valence-corrected chi connectivity index (χ3v) is 4.28. The minimum atomic E-state index is -3.27. The Hall–Kier alpha value is -0.590. The van der Waals surface area contributed by atoms with Crippen molar-refractivity contribution in [1.82, 2.24) is 5.32 Å². The smallest absolute Gasteiger partial charge is 0.232 e. The van der Waals surface area contributed by atoms with Gasteiger partial charge in [0.1, 0.15) is 0 Å². The summed E-state index contributed by atoms with van der Waals surface area (Å²) in [6, 6.07) is 5.56. The molecule has 1 rings (SSSR count). The van der Waals surface area contributed by atoms with Crippen molar-refractivity contribution in [2.24, 2.45) is 0 Å². The maximum atomic E-state index is 11.8. The van der Waals surface area contributed by atoms with Gasteiger partial charge in [-0.25, -0.2) is 8.42 Å². The highest BCUT2D eigenvalue weighted by Gasteiger charge is 2.11. The molecular formula is C11H17BrN2O2S. The zero-order valence-electron chi connectivity index (χ0n) is 9.96. The SMILES string of the molecule is CNCCCS(=O)(=O)Nc1cc(C)ccc1Br. The molecule has 2 N–H and O–H groups in total. The Morgan fingerprint density at radius 1 is 1.35 bits per heavy atom. The summed E-state index contributed by atoms with van der Waals surface area (Å²) in [5, 5.41) is 2.92.